The first kappa shape index (κ1) is 30.8. The number of hydrogen-bond donors (Lipinski definition) is 3. The van der Waals surface area contributed by atoms with Gasteiger partial charge in [-0.1, -0.05) is 49.6 Å². The summed E-state index contributed by atoms with van der Waals surface area (Å²) in [6, 6.07) is 10.1. The Labute approximate surface area is 260 Å². The largest absolute Gasteiger partial charge is 0.504 e. The topological polar surface area (TPSA) is 117 Å². The maximum absolute atomic E-state index is 13.8. The van der Waals surface area contributed by atoms with Crippen molar-refractivity contribution in [2.24, 2.45) is 17.8 Å². The smallest absolute Gasteiger partial charge is 0.488 e. The number of allylic oxidation sites excluding steroid dienone is 2. The molecule has 0 radical (unpaired) electrons. The van der Waals surface area contributed by atoms with Crippen LogP contribution >= 0.6 is 22.6 Å². The molecule has 222 valence electrons. The van der Waals surface area contributed by atoms with Crippen LogP contribution in [0.1, 0.15) is 57.9 Å². The molecule has 8 nitrogen and oxygen atoms in total. The lowest BCUT2D eigenvalue weighted by Crippen LogP contribution is -2.35. The second kappa shape index (κ2) is 12.9. The average molecular weight is 685 g/mol. The van der Waals surface area contributed by atoms with Crippen LogP contribution in [0.3, 0.4) is 0 Å². The van der Waals surface area contributed by atoms with Gasteiger partial charge in [-0.2, -0.15) is 0 Å². The SMILES string of the molecule is CCC/C(=C\c1cc(I)c(O)c(OC)c1)CC[C@H]1OC[C@H]2C1=C(CC)C[C@H]1C(=O)N(c3cccc(B(O)O)c3)C(=O)[C@H]12. The van der Waals surface area contributed by atoms with E-state index >= 15 is 0 Å². The van der Waals surface area contributed by atoms with Crippen LogP contribution in [0, 0.1) is 21.3 Å². The van der Waals surface area contributed by atoms with Crippen molar-refractivity contribution in [3.63, 3.8) is 0 Å². The van der Waals surface area contributed by atoms with Crippen LogP contribution in [0.15, 0.2) is 53.1 Å². The molecule has 2 aromatic carbocycles. The highest BCUT2D eigenvalue weighted by atomic mass is 127. The zero-order valence-electron chi connectivity index (χ0n) is 24.2. The van der Waals surface area contributed by atoms with Crippen LogP contribution in [-0.4, -0.2) is 53.9 Å². The maximum atomic E-state index is 13.8. The fourth-order valence-electron chi connectivity index (χ4n) is 6.87. The summed E-state index contributed by atoms with van der Waals surface area (Å²) in [7, 11) is -0.138. The fraction of sp³-hybridized carbons (Fsp3) is 0.438. The number of aromatic hydroxyl groups is 1. The van der Waals surface area contributed by atoms with E-state index in [1.165, 1.54) is 27.7 Å². The summed E-state index contributed by atoms with van der Waals surface area (Å²) in [5, 5.41) is 29.5. The number of benzene rings is 2. The highest BCUT2D eigenvalue weighted by molar-refractivity contribution is 14.1. The molecule has 0 saturated carbocycles. The second-order valence-electron chi connectivity index (χ2n) is 11.3. The van der Waals surface area contributed by atoms with Gasteiger partial charge in [-0.25, -0.2) is 0 Å². The van der Waals surface area contributed by atoms with Gasteiger partial charge in [0.2, 0.25) is 11.8 Å². The minimum absolute atomic E-state index is 0.106. The minimum Gasteiger partial charge on any atom is -0.504 e. The normalized spacial score (nSPS) is 23.9. The Bertz CT molecular complexity index is 1440. The van der Waals surface area contributed by atoms with Gasteiger partial charge in [-0.3, -0.25) is 14.5 Å². The Kier molecular flexibility index (Phi) is 9.46. The number of methoxy groups -OCH3 is 1. The van der Waals surface area contributed by atoms with Gasteiger partial charge >= 0.3 is 7.12 Å². The van der Waals surface area contributed by atoms with Gasteiger partial charge in [0, 0.05) is 5.92 Å². The number of fused-ring (bicyclic) bond motifs is 3. The first-order valence-corrected chi connectivity index (χ1v) is 15.7. The summed E-state index contributed by atoms with van der Waals surface area (Å²) < 4.78 is 12.5. The molecule has 0 bridgehead atoms. The lowest BCUT2D eigenvalue weighted by atomic mass is 9.69. The lowest BCUT2D eigenvalue weighted by molar-refractivity contribution is -0.122. The van der Waals surface area contributed by atoms with E-state index in [1.807, 2.05) is 12.1 Å². The number of phenols is 1. The third-order valence-electron chi connectivity index (χ3n) is 8.80. The molecule has 10 heteroatoms. The molecule has 2 aromatic rings. The van der Waals surface area contributed by atoms with E-state index in [4.69, 9.17) is 9.47 Å². The number of nitrogens with zero attached hydrogens (tertiary/aromatic N) is 1. The highest BCUT2D eigenvalue weighted by Crippen LogP contribution is 2.51. The monoisotopic (exact) mass is 685 g/mol. The van der Waals surface area contributed by atoms with Crippen molar-refractivity contribution in [3.05, 3.63) is 62.3 Å². The summed E-state index contributed by atoms with van der Waals surface area (Å²) in [6.07, 6.45) is 6.95. The van der Waals surface area contributed by atoms with Gasteiger partial charge in [-0.05, 0) is 95.6 Å². The van der Waals surface area contributed by atoms with Gasteiger partial charge in [0.25, 0.3) is 0 Å². The molecular formula is C32H37BINO7. The number of ether oxygens (including phenoxy) is 2. The molecule has 3 aliphatic rings. The van der Waals surface area contributed by atoms with Crippen molar-refractivity contribution in [3.8, 4) is 11.5 Å². The molecule has 42 heavy (non-hydrogen) atoms. The molecule has 2 fully saturated rings. The summed E-state index contributed by atoms with van der Waals surface area (Å²) in [5.41, 5.74) is 5.27. The first-order valence-electron chi connectivity index (χ1n) is 14.6. The van der Waals surface area contributed by atoms with Crippen LogP contribution in [0.25, 0.3) is 6.08 Å². The summed E-state index contributed by atoms with van der Waals surface area (Å²) in [5.74, 6) is -0.928. The zero-order valence-corrected chi connectivity index (χ0v) is 26.3. The zero-order chi connectivity index (χ0) is 30.1. The van der Waals surface area contributed by atoms with E-state index in [9.17, 15) is 24.7 Å². The van der Waals surface area contributed by atoms with Crippen LogP contribution in [-0.2, 0) is 14.3 Å². The number of carbonyl (C=O) groups is 2. The van der Waals surface area contributed by atoms with E-state index in [0.29, 0.717) is 24.5 Å². The molecule has 2 saturated heterocycles. The number of rotatable bonds is 10. The lowest BCUT2D eigenvalue weighted by Gasteiger charge is -2.31. The predicted molar refractivity (Wildman–Crippen MR) is 170 cm³/mol. The van der Waals surface area contributed by atoms with E-state index in [1.54, 1.807) is 25.3 Å². The third-order valence-corrected chi connectivity index (χ3v) is 9.62. The van der Waals surface area contributed by atoms with E-state index < -0.39 is 19.0 Å². The molecule has 3 N–H and O–H groups in total. The Balaban J connectivity index is 1.37. The fourth-order valence-corrected chi connectivity index (χ4v) is 7.49. The number of amides is 2. The Hall–Kier alpha value is -2.67. The predicted octanol–water partition coefficient (Wildman–Crippen LogP) is 4.58. The van der Waals surface area contributed by atoms with Gasteiger partial charge < -0.3 is 24.6 Å². The number of hydrogen-bond acceptors (Lipinski definition) is 7. The number of anilines is 1. The third kappa shape index (κ3) is 5.78. The molecule has 5 rings (SSSR count). The first-order chi connectivity index (χ1) is 20.2. The molecule has 2 amide bonds. The standard InChI is InChI=1S/C32H37BINO7/c1-4-7-18(12-19-13-25(34)30(36)27(14-19)41-3)10-11-26-28-20(5-2)15-23-29(24(28)17-42-26)32(38)35(31(23)37)22-9-6-8-21(16-22)33(39)40/h6,8-9,12-14,16,23-24,26,29,36,39-40H,4-5,7,10-11,15,17H2,1-3H3/b18-12+/t23-,24+,26-,29-/m1/s1. The van der Waals surface area contributed by atoms with Crippen molar-refractivity contribution in [1.29, 1.82) is 0 Å². The maximum Gasteiger partial charge on any atom is 0.488 e. The average Bonchev–Trinajstić information content (AvgIpc) is 3.51. The molecule has 1 aliphatic carbocycles. The van der Waals surface area contributed by atoms with Crippen LogP contribution in [0.2, 0.25) is 0 Å². The molecule has 2 heterocycles. The number of phenolic OH excluding ortho intramolecular Hbond substituents is 1. The van der Waals surface area contributed by atoms with Gasteiger partial charge in [0.15, 0.2) is 11.5 Å². The van der Waals surface area contributed by atoms with Crippen molar-refractivity contribution >= 4 is 58.7 Å². The number of halogens is 1. The van der Waals surface area contributed by atoms with Crippen LogP contribution in [0.4, 0.5) is 5.69 Å². The van der Waals surface area contributed by atoms with Crippen molar-refractivity contribution in [2.75, 3.05) is 18.6 Å². The molecular weight excluding hydrogens is 648 g/mol. The van der Waals surface area contributed by atoms with E-state index in [2.05, 4.69) is 42.5 Å². The second-order valence-corrected chi connectivity index (χ2v) is 12.5. The molecule has 0 spiro atoms. The van der Waals surface area contributed by atoms with E-state index in [-0.39, 0.29) is 35.0 Å². The number of carbonyl (C=O) groups excluding carboxylic acids is 2. The Morgan fingerprint density at radius 2 is 1.93 bits per heavy atom. The van der Waals surface area contributed by atoms with Gasteiger partial charge in [0.1, 0.15) is 0 Å². The van der Waals surface area contributed by atoms with Crippen LogP contribution < -0.4 is 15.1 Å². The summed E-state index contributed by atoms with van der Waals surface area (Å²) >= 11 is 2.11. The quantitative estimate of drug-likeness (QED) is 0.145. The molecule has 0 unspecified atom stereocenters. The van der Waals surface area contributed by atoms with Crippen molar-refractivity contribution in [1.82, 2.24) is 0 Å². The van der Waals surface area contributed by atoms with Gasteiger partial charge in [-0.15, -0.1) is 0 Å². The molecule has 2 aliphatic heterocycles. The minimum atomic E-state index is -1.68. The van der Waals surface area contributed by atoms with Gasteiger partial charge in [0.05, 0.1) is 40.9 Å². The summed E-state index contributed by atoms with van der Waals surface area (Å²) in [6.45, 7) is 4.66. The van der Waals surface area contributed by atoms with Crippen LogP contribution in [0.5, 0.6) is 11.5 Å². The van der Waals surface area contributed by atoms with E-state index in [0.717, 1.165) is 41.2 Å². The molecule has 0 aromatic heterocycles. The number of imide groups is 1. The molecule has 4 atom stereocenters. The van der Waals surface area contributed by atoms with Crippen molar-refractivity contribution < 1.29 is 34.2 Å². The Morgan fingerprint density at radius 3 is 2.62 bits per heavy atom. The Morgan fingerprint density at radius 1 is 1.14 bits per heavy atom. The van der Waals surface area contributed by atoms with Crippen molar-refractivity contribution in [2.45, 2.75) is 58.5 Å². The summed E-state index contributed by atoms with van der Waals surface area (Å²) in [4.78, 5) is 28.6. The highest BCUT2D eigenvalue weighted by Gasteiger charge is 2.57.